The molecule has 0 aliphatic carbocycles. The van der Waals surface area contributed by atoms with Gasteiger partial charge in [-0.1, -0.05) is 30.0 Å². The number of phosphoric acid groups is 3. The second kappa shape index (κ2) is 9.80. The van der Waals surface area contributed by atoms with E-state index in [1.807, 2.05) is 4.98 Å². The van der Waals surface area contributed by atoms with Crippen LogP contribution in [0.4, 0.5) is 0 Å². The monoisotopic (exact) mass is 574 g/mol. The van der Waals surface area contributed by atoms with Crippen LogP contribution in [0.15, 0.2) is 55.9 Å². The number of hydrogen-bond acceptors (Lipinski definition) is 13. The summed E-state index contributed by atoms with van der Waals surface area (Å²) < 4.78 is 58.5. The van der Waals surface area contributed by atoms with Crippen LogP contribution in [0.2, 0.25) is 0 Å². The number of aromatic amines is 1. The van der Waals surface area contributed by atoms with E-state index in [9.17, 15) is 43.3 Å². The Morgan fingerprint density at radius 3 is 2.26 bits per heavy atom. The standard InChI is InChI=1S/C15H17N2O14P3S/c18-10-6-11(35-8-4-2-1-3-5-8)17(15(21)16-10)14-13(20)12(19)9(28-14)7-27-34(26)30-32(22,23)29-33(24,25)31-34/h1-6,9,12-14,19-20H,7H2,(H,22,23)(H,24,25)(H,16,18,21)/t9-,12-,13-,14-/m1/s1. The van der Waals surface area contributed by atoms with Crippen LogP contribution in [-0.2, 0) is 35.9 Å². The van der Waals surface area contributed by atoms with Gasteiger partial charge < -0.3 is 24.7 Å². The Morgan fingerprint density at radius 1 is 1.00 bits per heavy atom. The van der Waals surface area contributed by atoms with Crippen LogP contribution in [-0.4, -0.2) is 54.5 Å². The highest BCUT2D eigenvalue weighted by Crippen LogP contribution is 2.80. The molecule has 2 aromatic rings. The predicted molar refractivity (Wildman–Crippen MR) is 114 cm³/mol. The van der Waals surface area contributed by atoms with Crippen LogP contribution >= 0.6 is 35.2 Å². The molecule has 2 aliphatic heterocycles. The number of ether oxygens (including phenoxy) is 1. The molecule has 35 heavy (non-hydrogen) atoms. The molecule has 0 bridgehead atoms. The van der Waals surface area contributed by atoms with Gasteiger partial charge in [-0.05, 0) is 12.1 Å². The molecule has 2 unspecified atom stereocenters. The van der Waals surface area contributed by atoms with Crippen LogP contribution in [0.5, 0.6) is 0 Å². The highest BCUT2D eigenvalue weighted by molar-refractivity contribution is 7.99. The van der Waals surface area contributed by atoms with E-state index in [1.54, 1.807) is 30.3 Å². The number of H-pyrrole nitrogens is 1. The Morgan fingerprint density at radius 2 is 1.63 bits per heavy atom. The first kappa shape index (κ1) is 26.6. The van der Waals surface area contributed by atoms with Crippen LogP contribution in [0.3, 0.4) is 0 Å². The molecule has 1 aromatic carbocycles. The van der Waals surface area contributed by atoms with Gasteiger partial charge in [-0.25, -0.2) is 18.5 Å². The van der Waals surface area contributed by atoms with Crippen molar-refractivity contribution >= 4 is 35.2 Å². The smallest absolute Gasteiger partial charge is 0.387 e. The number of rotatable bonds is 6. The lowest BCUT2D eigenvalue weighted by molar-refractivity contribution is -0.0585. The van der Waals surface area contributed by atoms with Gasteiger partial charge in [0.2, 0.25) is 0 Å². The molecule has 0 radical (unpaired) electrons. The van der Waals surface area contributed by atoms with Gasteiger partial charge in [0.05, 0.1) is 11.6 Å². The summed E-state index contributed by atoms with van der Waals surface area (Å²) in [7, 11) is -15.7. The molecule has 2 fully saturated rings. The molecular weight excluding hydrogens is 557 g/mol. The van der Waals surface area contributed by atoms with Crippen molar-refractivity contribution in [1.82, 2.24) is 9.55 Å². The molecule has 0 spiro atoms. The molecule has 0 saturated carbocycles. The maximum absolute atomic E-state index is 12.6. The summed E-state index contributed by atoms with van der Waals surface area (Å²) in [4.78, 5) is 45.7. The van der Waals surface area contributed by atoms with Crippen LogP contribution in [0.1, 0.15) is 6.23 Å². The topological polar surface area (TPSA) is 233 Å². The Hall–Kier alpha value is -1.42. The van der Waals surface area contributed by atoms with Gasteiger partial charge in [0.25, 0.3) is 5.56 Å². The molecule has 4 rings (SSSR count). The van der Waals surface area contributed by atoms with E-state index in [0.29, 0.717) is 4.90 Å². The van der Waals surface area contributed by atoms with Gasteiger partial charge in [0.1, 0.15) is 18.3 Å². The van der Waals surface area contributed by atoms with Gasteiger partial charge in [0.15, 0.2) is 6.23 Å². The zero-order valence-corrected chi connectivity index (χ0v) is 20.5. The third kappa shape index (κ3) is 6.12. The van der Waals surface area contributed by atoms with E-state index >= 15 is 0 Å². The first-order chi connectivity index (χ1) is 16.3. The average Bonchev–Trinajstić information content (AvgIpc) is 2.98. The van der Waals surface area contributed by atoms with Crippen molar-refractivity contribution in [2.45, 2.75) is 34.5 Å². The molecule has 3 heterocycles. The van der Waals surface area contributed by atoms with E-state index in [4.69, 9.17) is 9.26 Å². The summed E-state index contributed by atoms with van der Waals surface area (Å²) in [5, 5.41) is 21.0. The van der Waals surface area contributed by atoms with E-state index in [-0.39, 0.29) is 5.03 Å². The number of hydrogen-bond donors (Lipinski definition) is 5. The van der Waals surface area contributed by atoms with Crippen molar-refractivity contribution in [1.29, 1.82) is 0 Å². The Bertz CT molecular complexity index is 1340. The summed E-state index contributed by atoms with van der Waals surface area (Å²) in [6.07, 6.45) is -6.66. The molecule has 5 N–H and O–H groups in total. The summed E-state index contributed by atoms with van der Waals surface area (Å²) in [5.74, 6) is 0. The van der Waals surface area contributed by atoms with Gasteiger partial charge in [-0.15, -0.1) is 0 Å². The maximum Gasteiger partial charge on any atom is 0.492 e. The van der Waals surface area contributed by atoms with Crippen LogP contribution < -0.4 is 11.2 Å². The minimum absolute atomic E-state index is 0.0501. The Kier molecular flexibility index (Phi) is 7.46. The second-order valence-corrected chi connectivity index (χ2v) is 13.1. The molecule has 16 nitrogen and oxygen atoms in total. The largest absolute Gasteiger partial charge is 0.492 e. The number of aromatic nitrogens is 2. The number of aliphatic hydroxyl groups is 2. The first-order valence-electron chi connectivity index (χ1n) is 9.42. The third-order valence-corrected chi connectivity index (χ3v) is 10.9. The van der Waals surface area contributed by atoms with Crippen molar-refractivity contribution < 1.29 is 55.9 Å². The van der Waals surface area contributed by atoms with Crippen molar-refractivity contribution in [2.24, 2.45) is 0 Å². The van der Waals surface area contributed by atoms with Crippen molar-refractivity contribution in [3.63, 3.8) is 0 Å². The minimum Gasteiger partial charge on any atom is -0.387 e. The number of nitrogens with one attached hydrogen (secondary N) is 1. The summed E-state index contributed by atoms with van der Waals surface area (Å²) in [6.45, 7) is -0.953. The zero-order valence-electron chi connectivity index (χ0n) is 17.0. The van der Waals surface area contributed by atoms with Gasteiger partial charge in [-0.2, -0.15) is 12.9 Å². The molecule has 2 saturated heterocycles. The fourth-order valence-corrected chi connectivity index (χ4v) is 9.05. The quantitative estimate of drug-likeness (QED) is 0.236. The van der Waals surface area contributed by atoms with E-state index in [0.717, 1.165) is 22.4 Å². The van der Waals surface area contributed by atoms with E-state index in [2.05, 4.69) is 12.9 Å². The lowest BCUT2D eigenvalue weighted by atomic mass is 10.1. The molecule has 2 aliphatic rings. The lowest BCUT2D eigenvalue weighted by Crippen LogP contribution is -2.38. The molecule has 0 amide bonds. The second-order valence-electron chi connectivity index (χ2n) is 7.03. The zero-order chi connectivity index (χ0) is 25.6. The fourth-order valence-electron chi connectivity index (χ4n) is 3.13. The number of nitrogens with zero attached hydrogens (tertiary/aromatic N) is 1. The van der Waals surface area contributed by atoms with Gasteiger partial charge in [0, 0.05) is 11.0 Å². The van der Waals surface area contributed by atoms with Crippen molar-refractivity contribution in [3.05, 3.63) is 57.2 Å². The summed E-state index contributed by atoms with van der Waals surface area (Å²) >= 11 is 0.992. The lowest BCUT2D eigenvalue weighted by Gasteiger charge is -2.27. The minimum atomic E-state index is -5.29. The molecule has 1 aromatic heterocycles. The molecule has 6 atom stereocenters. The maximum atomic E-state index is 12.6. The van der Waals surface area contributed by atoms with Crippen LogP contribution in [0.25, 0.3) is 0 Å². The van der Waals surface area contributed by atoms with Crippen LogP contribution in [0, 0.1) is 0 Å². The van der Waals surface area contributed by atoms with Crippen molar-refractivity contribution in [3.8, 4) is 0 Å². The normalized spacial score (nSPS) is 37.4. The van der Waals surface area contributed by atoms with Gasteiger partial charge >= 0.3 is 29.2 Å². The number of benzene rings is 1. The van der Waals surface area contributed by atoms with E-state index in [1.165, 1.54) is 0 Å². The third-order valence-electron chi connectivity index (χ3n) is 4.51. The highest BCUT2D eigenvalue weighted by Gasteiger charge is 2.55. The molecule has 192 valence electrons. The first-order valence-corrected chi connectivity index (χ1v) is 14.7. The molecule has 20 heteroatoms. The van der Waals surface area contributed by atoms with Gasteiger partial charge in [-0.3, -0.25) is 18.9 Å². The summed E-state index contributed by atoms with van der Waals surface area (Å²) in [6, 6.07) is 9.66. The number of aliphatic hydroxyl groups excluding tert-OH is 2. The molecular formula is C15H17N2O14P3S. The average molecular weight is 574 g/mol. The Balaban J connectivity index is 1.57. The van der Waals surface area contributed by atoms with E-state index < -0.39 is 65.9 Å². The predicted octanol–water partition coefficient (Wildman–Crippen LogP) is 0.696. The SMILES string of the molecule is O=c1cc(Sc2ccccc2)n([C@@H]2O[C@H](COP3(=O)OP(=O)(O)OP(=O)(O)O3)[C@@H](O)[C@H]2O)c(=O)[nH]1. The summed E-state index contributed by atoms with van der Waals surface area (Å²) in [5.41, 5.74) is -1.70. The van der Waals surface area contributed by atoms with Crippen molar-refractivity contribution in [2.75, 3.05) is 6.61 Å². The highest BCUT2D eigenvalue weighted by atomic mass is 32.2. The Labute approximate surface area is 199 Å². The fraction of sp³-hybridized carbons (Fsp3) is 0.333.